The van der Waals surface area contributed by atoms with Gasteiger partial charge in [-0.25, -0.2) is 17.9 Å². The molecule has 172 valence electrons. The lowest BCUT2D eigenvalue weighted by Crippen LogP contribution is -2.18. The van der Waals surface area contributed by atoms with E-state index in [9.17, 15) is 22.4 Å². The number of ketones is 1. The molecule has 0 aliphatic carbocycles. The highest BCUT2D eigenvalue weighted by Crippen LogP contribution is 2.23. The van der Waals surface area contributed by atoms with Gasteiger partial charge in [-0.1, -0.05) is 18.2 Å². The number of nitrogens with two attached hydrogens (primary N) is 1. The van der Waals surface area contributed by atoms with Gasteiger partial charge in [-0.3, -0.25) is 9.59 Å². The van der Waals surface area contributed by atoms with Crippen LogP contribution in [0.3, 0.4) is 0 Å². The van der Waals surface area contributed by atoms with E-state index >= 15 is 0 Å². The minimum atomic E-state index is -3.81. The molecule has 0 fully saturated rings. The zero-order chi connectivity index (χ0) is 24.3. The van der Waals surface area contributed by atoms with Crippen LogP contribution in [0.4, 0.5) is 10.1 Å². The van der Waals surface area contributed by atoms with Crippen molar-refractivity contribution >= 4 is 44.4 Å². The maximum Gasteiger partial charge on any atom is 0.244 e. The van der Waals surface area contributed by atoms with Crippen molar-refractivity contribution in [3.05, 3.63) is 102 Å². The highest BCUT2D eigenvalue weighted by atomic mass is 32.2. The third-order valence-corrected chi connectivity index (χ3v) is 6.07. The molecule has 4 aromatic rings. The zero-order valence-electron chi connectivity index (χ0n) is 17.8. The second-order valence-corrected chi connectivity index (χ2v) is 9.11. The number of sulfonamides is 1. The molecular formula is C25H20FN3O4S. The van der Waals surface area contributed by atoms with Crippen LogP contribution in [0.2, 0.25) is 0 Å². The summed E-state index contributed by atoms with van der Waals surface area (Å²) in [7, 11) is -3.81. The molecule has 0 atom stereocenters. The molecule has 0 saturated carbocycles. The molecule has 3 aromatic carbocycles. The summed E-state index contributed by atoms with van der Waals surface area (Å²) in [4.78, 5) is 25.0. The van der Waals surface area contributed by atoms with Gasteiger partial charge in [0.2, 0.25) is 15.9 Å². The molecular weight excluding hydrogens is 457 g/mol. The van der Waals surface area contributed by atoms with Crippen LogP contribution in [0.1, 0.15) is 15.9 Å². The molecule has 9 heteroatoms. The van der Waals surface area contributed by atoms with Crippen LogP contribution >= 0.6 is 0 Å². The number of halogens is 1. The fourth-order valence-corrected chi connectivity index (χ4v) is 4.01. The number of allylic oxidation sites excluding steroid dienone is 1. The van der Waals surface area contributed by atoms with Crippen molar-refractivity contribution in [2.75, 3.05) is 5.32 Å². The SMILES string of the molecule is NS(=O)(=O)c1ccc(NC(=O)Cn2cc(/C=C/C(=O)c3ccc(F)cc3)c3ccccc32)cc1. The monoisotopic (exact) mass is 477 g/mol. The van der Waals surface area contributed by atoms with E-state index in [0.717, 1.165) is 16.5 Å². The van der Waals surface area contributed by atoms with Crippen LogP contribution in [0.25, 0.3) is 17.0 Å². The van der Waals surface area contributed by atoms with Crippen molar-refractivity contribution in [1.82, 2.24) is 4.57 Å². The lowest BCUT2D eigenvalue weighted by molar-refractivity contribution is -0.116. The van der Waals surface area contributed by atoms with Gasteiger partial charge in [0.15, 0.2) is 5.78 Å². The Hall–Kier alpha value is -4.08. The van der Waals surface area contributed by atoms with Crippen molar-refractivity contribution in [1.29, 1.82) is 0 Å². The minimum absolute atomic E-state index is 0.00278. The van der Waals surface area contributed by atoms with E-state index in [1.165, 1.54) is 54.6 Å². The average molecular weight is 478 g/mol. The van der Waals surface area contributed by atoms with Crippen molar-refractivity contribution in [2.45, 2.75) is 11.4 Å². The predicted octanol–water partition coefficient (Wildman–Crippen LogP) is 3.96. The molecule has 3 N–H and O–H groups in total. The first kappa shape index (κ1) is 23.1. The standard InChI is InChI=1S/C25H20FN3O4S/c26-19-8-5-17(6-9-19)24(30)14-7-18-15-29(23-4-2-1-3-22(18)23)16-25(31)28-20-10-12-21(13-11-20)34(27,32)33/h1-15H,16H2,(H,28,31)(H2,27,32,33)/b14-7+. The molecule has 34 heavy (non-hydrogen) atoms. The molecule has 0 spiro atoms. The Labute approximate surface area is 195 Å². The second-order valence-electron chi connectivity index (χ2n) is 7.55. The predicted molar refractivity (Wildman–Crippen MR) is 128 cm³/mol. The van der Waals surface area contributed by atoms with Gasteiger partial charge in [0, 0.05) is 33.9 Å². The van der Waals surface area contributed by atoms with E-state index < -0.39 is 15.8 Å². The topological polar surface area (TPSA) is 111 Å². The van der Waals surface area contributed by atoms with Crippen LogP contribution in [-0.4, -0.2) is 24.7 Å². The Kier molecular flexibility index (Phi) is 6.40. The molecule has 0 aliphatic rings. The van der Waals surface area contributed by atoms with Gasteiger partial charge in [-0.15, -0.1) is 0 Å². The highest BCUT2D eigenvalue weighted by molar-refractivity contribution is 7.89. The van der Waals surface area contributed by atoms with Crippen LogP contribution in [0, 0.1) is 5.82 Å². The Morgan fingerprint density at radius 3 is 2.32 bits per heavy atom. The lowest BCUT2D eigenvalue weighted by atomic mass is 10.1. The number of amides is 1. The van der Waals surface area contributed by atoms with E-state index in [0.29, 0.717) is 11.3 Å². The molecule has 0 saturated heterocycles. The summed E-state index contributed by atoms with van der Waals surface area (Å²) in [5.41, 5.74) is 2.35. The van der Waals surface area contributed by atoms with Gasteiger partial charge < -0.3 is 9.88 Å². The van der Waals surface area contributed by atoms with Gasteiger partial charge in [-0.2, -0.15) is 0 Å². The quantitative estimate of drug-likeness (QED) is 0.310. The Bertz CT molecular complexity index is 1510. The maximum atomic E-state index is 13.1. The average Bonchev–Trinajstić information content (AvgIpc) is 3.15. The molecule has 4 rings (SSSR count). The summed E-state index contributed by atoms with van der Waals surface area (Å²) < 4.78 is 37.6. The fraction of sp³-hybridized carbons (Fsp3) is 0.0400. The largest absolute Gasteiger partial charge is 0.337 e. The van der Waals surface area contributed by atoms with Crippen molar-refractivity contribution in [3.63, 3.8) is 0 Å². The maximum absolute atomic E-state index is 13.1. The number of carbonyl (C=O) groups is 2. The summed E-state index contributed by atoms with van der Waals surface area (Å²) in [6.45, 7) is -0.00278. The lowest BCUT2D eigenvalue weighted by Gasteiger charge is -2.08. The number of aromatic nitrogens is 1. The number of carbonyl (C=O) groups excluding carboxylic acids is 2. The number of nitrogens with one attached hydrogen (secondary N) is 1. The van der Waals surface area contributed by atoms with Gasteiger partial charge in [-0.05, 0) is 66.7 Å². The van der Waals surface area contributed by atoms with Crippen LogP contribution < -0.4 is 10.5 Å². The third kappa shape index (κ3) is 5.28. The number of rotatable bonds is 7. The summed E-state index contributed by atoms with van der Waals surface area (Å²) in [5, 5.41) is 8.67. The number of para-hydroxylation sites is 1. The molecule has 7 nitrogen and oxygen atoms in total. The highest BCUT2D eigenvalue weighted by Gasteiger charge is 2.12. The first-order chi connectivity index (χ1) is 16.2. The number of fused-ring (bicyclic) bond motifs is 1. The number of hydrogen-bond acceptors (Lipinski definition) is 4. The first-order valence-electron chi connectivity index (χ1n) is 10.2. The van der Waals surface area contributed by atoms with E-state index in [-0.39, 0.29) is 23.1 Å². The molecule has 0 radical (unpaired) electrons. The Morgan fingerprint density at radius 2 is 1.65 bits per heavy atom. The smallest absolute Gasteiger partial charge is 0.244 e. The van der Waals surface area contributed by atoms with Gasteiger partial charge >= 0.3 is 0 Å². The number of primary sulfonamides is 1. The van der Waals surface area contributed by atoms with Crippen molar-refractivity contribution in [3.8, 4) is 0 Å². The minimum Gasteiger partial charge on any atom is -0.337 e. The van der Waals surface area contributed by atoms with Gasteiger partial charge in [0.25, 0.3) is 0 Å². The summed E-state index contributed by atoms with van der Waals surface area (Å²) in [6, 6.07) is 18.3. The van der Waals surface area contributed by atoms with Crippen molar-refractivity contribution < 1.29 is 22.4 Å². The summed E-state index contributed by atoms with van der Waals surface area (Å²) in [5.74, 6) is -0.998. The van der Waals surface area contributed by atoms with E-state index in [2.05, 4.69) is 5.32 Å². The van der Waals surface area contributed by atoms with E-state index in [1.54, 1.807) is 16.8 Å². The van der Waals surface area contributed by atoms with Gasteiger partial charge in [0.05, 0.1) is 4.90 Å². The van der Waals surface area contributed by atoms with Crippen molar-refractivity contribution in [2.24, 2.45) is 5.14 Å². The summed E-state index contributed by atoms with van der Waals surface area (Å²) >= 11 is 0. The number of hydrogen-bond donors (Lipinski definition) is 2. The zero-order valence-corrected chi connectivity index (χ0v) is 18.6. The number of benzene rings is 3. The van der Waals surface area contributed by atoms with E-state index in [4.69, 9.17) is 5.14 Å². The second kappa shape index (κ2) is 9.42. The number of anilines is 1. The molecule has 1 heterocycles. The third-order valence-electron chi connectivity index (χ3n) is 5.14. The molecule has 0 bridgehead atoms. The summed E-state index contributed by atoms with van der Waals surface area (Å²) in [6.07, 6.45) is 4.84. The van der Waals surface area contributed by atoms with Crippen LogP contribution in [-0.2, 0) is 21.4 Å². The molecule has 1 amide bonds. The Morgan fingerprint density at radius 1 is 0.971 bits per heavy atom. The molecule has 0 unspecified atom stereocenters. The Balaban J connectivity index is 1.52. The van der Waals surface area contributed by atoms with E-state index in [1.807, 2.05) is 24.3 Å². The first-order valence-corrected chi connectivity index (χ1v) is 11.7. The number of nitrogens with zero attached hydrogens (tertiary/aromatic N) is 1. The fourth-order valence-electron chi connectivity index (χ4n) is 3.50. The normalized spacial score (nSPS) is 11.7. The molecule has 0 aliphatic heterocycles. The van der Waals surface area contributed by atoms with Gasteiger partial charge in [0.1, 0.15) is 12.4 Å². The molecule has 1 aromatic heterocycles. The van der Waals surface area contributed by atoms with Crippen LogP contribution in [0.5, 0.6) is 0 Å². The van der Waals surface area contributed by atoms with Crippen LogP contribution in [0.15, 0.2) is 90.0 Å².